The second kappa shape index (κ2) is 13.6. The van der Waals surface area contributed by atoms with Crippen LogP contribution in [0.15, 0.2) is 183 Å². The van der Waals surface area contributed by atoms with Crippen LogP contribution in [0.4, 0.5) is 0 Å². The van der Waals surface area contributed by atoms with Crippen molar-refractivity contribution >= 4 is 61.3 Å². The molecule has 264 valence electrons. The van der Waals surface area contributed by atoms with Crippen molar-refractivity contribution in [3.05, 3.63) is 186 Å². The van der Waals surface area contributed by atoms with Crippen molar-refractivity contribution in [3.8, 4) is 22.3 Å². The molecule has 55 heavy (non-hydrogen) atoms. The Bertz CT molecular complexity index is 2990. The summed E-state index contributed by atoms with van der Waals surface area (Å²) in [5, 5.41) is 5.87. The quantitative estimate of drug-likeness (QED) is 0.127. The maximum atomic E-state index is 6.38. The molecule has 0 N–H and O–H groups in total. The van der Waals surface area contributed by atoms with Gasteiger partial charge in [-0.1, -0.05) is 140 Å². The molecule has 4 heteroatoms. The maximum Gasteiger partial charge on any atom is 0.135 e. The van der Waals surface area contributed by atoms with Crippen LogP contribution in [0.2, 0.25) is 0 Å². The molecule has 0 radical (unpaired) electrons. The van der Waals surface area contributed by atoms with Gasteiger partial charge in [-0.05, 0) is 88.3 Å². The highest BCUT2D eigenvalue weighted by Crippen LogP contribution is 2.36. The molecule has 0 aliphatic heterocycles. The van der Waals surface area contributed by atoms with Crippen molar-refractivity contribution in [3.63, 3.8) is 0 Å². The Hall–Kier alpha value is -6.78. The molecule has 2 heterocycles. The molecular weight excluding hydrogens is 673 g/mol. The van der Waals surface area contributed by atoms with Gasteiger partial charge in [-0.3, -0.25) is 4.99 Å². The van der Waals surface area contributed by atoms with E-state index in [1.165, 1.54) is 21.9 Å². The molecule has 0 saturated heterocycles. The van der Waals surface area contributed by atoms with E-state index >= 15 is 0 Å². The molecule has 9 aromatic rings. The summed E-state index contributed by atoms with van der Waals surface area (Å²) in [7, 11) is 0. The van der Waals surface area contributed by atoms with E-state index in [1.807, 2.05) is 24.3 Å². The second-order valence-electron chi connectivity index (χ2n) is 14.5. The lowest BCUT2D eigenvalue weighted by Gasteiger charge is -2.19. The van der Waals surface area contributed by atoms with Gasteiger partial charge in [0.05, 0.1) is 6.04 Å². The number of benzene rings is 7. The molecule has 2 aromatic heterocycles. The lowest BCUT2D eigenvalue weighted by Crippen LogP contribution is -2.18. The zero-order valence-corrected chi connectivity index (χ0v) is 30.7. The molecule has 1 unspecified atom stereocenters. The first-order valence-electron chi connectivity index (χ1n) is 19.0. The number of hydrogen-bond donors (Lipinski definition) is 0. The van der Waals surface area contributed by atoms with Crippen LogP contribution < -0.4 is 0 Å². The number of rotatable bonds is 6. The fraction of sp³-hybridized carbons (Fsp3) is 0.0980. The van der Waals surface area contributed by atoms with E-state index in [2.05, 4.69) is 159 Å². The summed E-state index contributed by atoms with van der Waals surface area (Å²) in [6.07, 6.45) is 5.11. The number of amidine groups is 1. The lowest BCUT2D eigenvalue weighted by atomic mass is 9.92. The molecule has 0 amide bonds. The van der Waals surface area contributed by atoms with Gasteiger partial charge in [-0.2, -0.15) is 0 Å². The highest BCUT2D eigenvalue weighted by molar-refractivity contribution is 6.08. The molecule has 1 aliphatic carbocycles. The largest absolute Gasteiger partial charge is 0.460 e. The van der Waals surface area contributed by atoms with Gasteiger partial charge in [0.25, 0.3) is 0 Å². The second-order valence-corrected chi connectivity index (χ2v) is 14.5. The van der Waals surface area contributed by atoms with Crippen LogP contribution in [0.3, 0.4) is 0 Å². The van der Waals surface area contributed by atoms with Crippen molar-refractivity contribution in [2.75, 3.05) is 0 Å². The fourth-order valence-electron chi connectivity index (χ4n) is 7.97. The first-order chi connectivity index (χ1) is 27.0. The van der Waals surface area contributed by atoms with Gasteiger partial charge in [-0.25, -0.2) is 4.99 Å². The minimum absolute atomic E-state index is 0.0498. The Morgan fingerprint density at radius 3 is 2.07 bits per heavy atom. The molecule has 2 atom stereocenters. The molecule has 0 spiro atoms. The number of fused-ring (bicyclic) bond motifs is 7. The number of nitrogens with zero attached hydrogens (tertiary/aromatic N) is 2. The monoisotopic (exact) mass is 710 g/mol. The summed E-state index contributed by atoms with van der Waals surface area (Å²) >= 11 is 0. The number of furan rings is 2. The van der Waals surface area contributed by atoms with Crippen molar-refractivity contribution < 1.29 is 8.83 Å². The Morgan fingerprint density at radius 1 is 0.582 bits per heavy atom. The number of aliphatic imine (C=N–C) groups is 2. The van der Waals surface area contributed by atoms with E-state index in [9.17, 15) is 0 Å². The van der Waals surface area contributed by atoms with Crippen molar-refractivity contribution in [2.24, 2.45) is 15.9 Å². The predicted molar refractivity (Wildman–Crippen MR) is 229 cm³/mol. The van der Waals surface area contributed by atoms with Gasteiger partial charge in [0.1, 0.15) is 28.3 Å². The highest BCUT2D eigenvalue weighted by Gasteiger charge is 2.25. The smallest absolute Gasteiger partial charge is 0.135 e. The van der Waals surface area contributed by atoms with E-state index in [0.29, 0.717) is 6.42 Å². The molecule has 7 aromatic carbocycles. The minimum Gasteiger partial charge on any atom is -0.460 e. The van der Waals surface area contributed by atoms with E-state index < -0.39 is 0 Å². The van der Waals surface area contributed by atoms with Crippen LogP contribution >= 0.6 is 0 Å². The zero-order valence-electron chi connectivity index (χ0n) is 30.7. The molecule has 0 bridgehead atoms. The van der Waals surface area contributed by atoms with Gasteiger partial charge in [0.2, 0.25) is 0 Å². The average molecular weight is 711 g/mol. The zero-order chi connectivity index (χ0) is 36.9. The maximum absolute atomic E-state index is 6.38. The summed E-state index contributed by atoms with van der Waals surface area (Å²) in [6.45, 7) is 4.22. The van der Waals surface area contributed by atoms with Crippen LogP contribution in [-0.4, -0.2) is 11.5 Å². The normalized spacial score (nSPS) is 15.3. The third-order valence-electron chi connectivity index (χ3n) is 11.0. The fourth-order valence-corrected chi connectivity index (χ4v) is 7.97. The van der Waals surface area contributed by atoms with Gasteiger partial charge in [0.15, 0.2) is 0 Å². The summed E-state index contributed by atoms with van der Waals surface area (Å²) in [6, 6.07) is 55.4. The lowest BCUT2D eigenvalue weighted by molar-refractivity contribution is 0.530. The highest BCUT2D eigenvalue weighted by atomic mass is 16.3. The van der Waals surface area contributed by atoms with E-state index in [4.69, 9.17) is 18.8 Å². The van der Waals surface area contributed by atoms with E-state index in [0.717, 1.165) is 78.0 Å². The Balaban J connectivity index is 0.984. The summed E-state index contributed by atoms with van der Waals surface area (Å²) in [5.41, 5.74) is 11.6. The van der Waals surface area contributed by atoms with Crippen molar-refractivity contribution in [1.82, 2.24) is 0 Å². The van der Waals surface area contributed by atoms with Crippen LogP contribution in [-0.2, 0) is 6.42 Å². The van der Waals surface area contributed by atoms with Gasteiger partial charge >= 0.3 is 0 Å². The van der Waals surface area contributed by atoms with Gasteiger partial charge in [-0.15, -0.1) is 0 Å². The molecule has 0 saturated carbocycles. The molecule has 10 rings (SSSR count). The number of para-hydroxylation sites is 2. The Labute approximate surface area is 319 Å². The summed E-state index contributed by atoms with van der Waals surface area (Å²) < 4.78 is 12.6. The standard InChI is InChI=1S/C51H38N2O2/c1-32(37-12-9-13-40(28-37)35-18-20-36(21-19-35)41-23-22-34-10-3-4-11-39(34)29-41)52-51(42-25-27-46-44-15-6-8-17-48(44)55-50(46)31-42)53-33(2)38-24-26-45-43-14-5-7-16-47(43)54-49(45)30-38/h3-30,33,42H,31H2,1-2H3/t33-,42?/m1/s1. The number of hydrogen-bond acceptors (Lipinski definition) is 3. The molecular formula is C51H38N2O2. The SMILES string of the molecule is CC(=NC(=N[C@H](C)c1ccc2c(c1)oc1ccccc12)C1C=Cc2c(oc3ccccc23)C1)c1cccc(-c2ccc(-c3ccc4ccccc4c3)cc2)c1. The van der Waals surface area contributed by atoms with Gasteiger partial charge in [0, 0.05) is 39.8 Å². The Kier molecular flexibility index (Phi) is 8.10. The molecule has 0 fully saturated rings. The first-order valence-corrected chi connectivity index (χ1v) is 19.0. The predicted octanol–water partition coefficient (Wildman–Crippen LogP) is 13.7. The topological polar surface area (TPSA) is 51.0 Å². The average Bonchev–Trinajstić information content (AvgIpc) is 3.81. The van der Waals surface area contributed by atoms with E-state index in [-0.39, 0.29) is 12.0 Å². The molecule has 1 aliphatic rings. The summed E-state index contributed by atoms with van der Waals surface area (Å²) in [5.74, 6) is 1.70. The third kappa shape index (κ3) is 6.16. The minimum atomic E-state index is -0.151. The van der Waals surface area contributed by atoms with Crippen molar-refractivity contribution in [1.29, 1.82) is 0 Å². The van der Waals surface area contributed by atoms with Crippen LogP contribution in [0.5, 0.6) is 0 Å². The third-order valence-corrected chi connectivity index (χ3v) is 11.0. The van der Waals surface area contributed by atoms with E-state index in [1.54, 1.807) is 0 Å². The van der Waals surface area contributed by atoms with Crippen molar-refractivity contribution in [2.45, 2.75) is 26.3 Å². The van der Waals surface area contributed by atoms with Crippen LogP contribution in [0.25, 0.3) is 72.0 Å². The van der Waals surface area contributed by atoms with Gasteiger partial charge < -0.3 is 8.83 Å². The van der Waals surface area contributed by atoms with Crippen LogP contribution in [0, 0.1) is 5.92 Å². The molecule has 4 nitrogen and oxygen atoms in total. The van der Waals surface area contributed by atoms with Crippen LogP contribution in [0.1, 0.15) is 42.3 Å². The first kappa shape index (κ1) is 32.8. The summed E-state index contributed by atoms with van der Waals surface area (Å²) in [4.78, 5) is 10.7. The Morgan fingerprint density at radius 2 is 1.25 bits per heavy atom.